The summed E-state index contributed by atoms with van der Waals surface area (Å²) in [5, 5.41) is 4.60. The van der Waals surface area contributed by atoms with E-state index in [9.17, 15) is 0 Å². The second kappa shape index (κ2) is 9.43. The SMILES string of the molecule is Cc1ccc(CNc2nc(N3CCN(Cc4ccc5c(c4)OCO5)CC3)nc3ccccc23)cc1. The van der Waals surface area contributed by atoms with E-state index >= 15 is 0 Å². The van der Waals surface area contributed by atoms with Crippen molar-refractivity contribution in [1.82, 2.24) is 14.9 Å². The van der Waals surface area contributed by atoms with E-state index in [0.29, 0.717) is 6.79 Å². The van der Waals surface area contributed by atoms with Gasteiger partial charge in [-0.1, -0.05) is 48.0 Å². The first-order valence-electron chi connectivity index (χ1n) is 12.1. The average molecular weight is 468 g/mol. The Morgan fingerprint density at radius 3 is 2.46 bits per heavy atom. The molecule has 3 aromatic carbocycles. The van der Waals surface area contributed by atoms with Crippen molar-refractivity contribution >= 4 is 22.7 Å². The van der Waals surface area contributed by atoms with Crippen LogP contribution in [0.2, 0.25) is 0 Å². The number of anilines is 2. The number of aryl methyl sites for hydroxylation is 1. The molecule has 0 atom stereocenters. The van der Waals surface area contributed by atoms with E-state index in [4.69, 9.17) is 19.4 Å². The maximum absolute atomic E-state index is 5.53. The second-order valence-electron chi connectivity index (χ2n) is 9.18. The van der Waals surface area contributed by atoms with Crippen molar-refractivity contribution in [3.8, 4) is 11.5 Å². The molecule has 1 fully saturated rings. The minimum atomic E-state index is 0.311. The highest BCUT2D eigenvalue weighted by Crippen LogP contribution is 2.33. The maximum Gasteiger partial charge on any atom is 0.231 e. The third-order valence-corrected chi connectivity index (χ3v) is 6.67. The molecule has 1 saturated heterocycles. The molecule has 2 aliphatic rings. The summed E-state index contributed by atoms with van der Waals surface area (Å²) in [5.41, 5.74) is 4.71. The number of nitrogens with zero attached hydrogens (tertiary/aromatic N) is 4. The lowest BCUT2D eigenvalue weighted by Gasteiger charge is -2.35. The van der Waals surface area contributed by atoms with E-state index < -0.39 is 0 Å². The van der Waals surface area contributed by atoms with Crippen LogP contribution in [-0.4, -0.2) is 47.8 Å². The van der Waals surface area contributed by atoms with Crippen molar-refractivity contribution in [3.05, 3.63) is 83.4 Å². The van der Waals surface area contributed by atoms with Gasteiger partial charge in [0.05, 0.1) is 5.52 Å². The first-order valence-corrected chi connectivity index (χ1v) is 12.1. The molecule has 1 aromatic heterocycles. The fraction of sp³-hybridized carbons (Fsp3) is 0.286. The first kappa shape index (κ1) is 21.7. The Labute approximate surface area is 205 Å². The molecule has 0 aliphatic carbocycles. The van der Waals surface area contributed by atoms with Crippen LogP contribution in [0, 0.1) is 6.92 Å². The number of nitrogens with one attached hydrogen (secondary N) is 1. The molecule has 2 aliphatic heterocycles. The molecule has 7 heteroatoms. The van der Waals surface area contributed by atoms with E-state index in [1.54, 1.807) is 0 Å². The maximum atomic E-state index is 5.53. The molecule has 3 heterocycles. The van der Waals surface area contributed by atoms with Crippen LogP contribution in [0.15, 0.2) is 66.7 Å². The summed E-state index contributed by atoms with van der Waals surface area (Å²) < 4.78 is 11.0. The van der Waals surface area contributed by atoms with Crippen LogP contribution < -0.4 is 19.7 Å². The highest BCUT2D eigenvalue weighted by atomic mass is 16.7. The number of piperazine rings is 1. The average Bonchev–Trinajstić information content (AvgIpc) is 3.36. The Balaban J connectivity index is 1.15. The Morgan fingerprint density at radius 2 is 1.60 bits per heavy atom. The first-order chi connectivity index (χ1) is 17.2. The predicted molar refractivity (Wildman–Crippen MR) is 138 cm³/mol. The van der Waals surface area contributed by atoms with Crippen molar-refractivity contribution in [2.24, 2.45) is 0 Å². The van der Waals surface area contributed by atoms with Gasteiger partial charge in [-0.25, -0.2) is 4.98 Å². The molecule has 1 N–H and O–H groups in total. The van der Waals surface area contributed by atoms with Gasteiger partial charge >= 0.3 is 0 Å². The van der Waals surface area contributed by atoms with Crippen molar-refractivity contribution in [2.75, 3.05) is 43.2 Å². The lowest BCUT2D eigenvalue weighted by Crippen LogP contribution is -2.46. The van der Waals surface area contributed by atoms with Crippen LogP contribution in [0.1, 0.15) is 16.7 Å². The molecule has 178 valence electrons. The van der Waals surface area contributed by atoms with E-state index in [1.165, 1.54) is 16.7 Å². The molecule has 0 amide bonds. The van der Waals surface area contributed by atoms with Gasteiger partial charge in [0, 0.05) is 44.7 Å². The highest BCUT2D eigenvalue weighted by Gasteiger charge is 2.21. The number of ether oxygens (including phenoxy) is 2. The van der Waals surface area contributed by atoms with Gasteiger partial charge in [0.15, 0.2) is 11.5 Å². The molecule has 4 aromatic rings. The summed E-state index contributed by atoms with van der Waals surface area (Å²) in [7, 11) is 0. The Kier molecular flexibility index (Phi) is 5.84. The molecule has 0 bridgehead atoms. The van der Waals surface area contributed by atoms with Crippen molar-refractivity contribution < 1.29 is 9.47 Å². The predicted octanol–water partition coefficient (Wildman–Crippen LogP) is 4.60. The van der Waals surface area contributed by atoms with Crippen LogP contribution in [0.3, 0.4) is 0 Å². The lowest BCUT2D eigenvalue weighted by atomic mass is 10.1. The molecule has 0 radical (unpaired) electrons. The fourth-order valence-corrected chi connectivity index (χ4v) is 4.64. The number of rotatable bonds is 6. The third-order valence-electron chi connectivity index (χ3n) is 6.67. The smallest absolute Gasteiger partial charge is 0.231 e. The summed E-state index contributed by atoms with van der Waals surface area (Å²) in [4.78, 5) is 14.6. The van der Waals surface area contributed by atoms with Gasteiger partial charge < -0.3 is 19.7 Å². The lowest BCUT2D eigenvalue weighted by molar-refractivity contribution is 0.174. The van der Waals surface area contributed by atoms with Gasteiger partial charge in [-0.05, 0) is 42.3 Å². The van der Waals surface area contributed by atoms with Crippen LogP contribution in [0.25, 0.3) is 10.9 Å². The monoisotopic (exact) mass is 467 g/mol. The second-order valence-corrected chi connectivity index (χ2v) is 9.18. The Morgan fingerprint density at radius 1 is 0.829 bits per heavy atom. The van der Waals surface area contributed by atoms with Crippen LogP contribution >= 0.6 is 0 Å². The zero-order chi connectivity index (χ0) is 23.6. The van der Waals surface area contributed by atoms with E-state index in [1.807, 2.05) is 18.2 Å². The van der Waals surface area contributed by atoms with Gasteiger partial charge in [-0.15, -0.1) is 0 Å². The Bertz CT molecular complexity index is 1330. The standard InChI is InChI=1S/C28H29N5O2/c1-20-6-8-21(9-7-20)17-29-27-23-4-2-3-5-24(23)30-28(31-27)33-14-12-32(13-15-33)18-22-10-11-25-26(16-22)35-19-34-25/h2-11,16H,12-15,17-19H2,1H3,(H,29,30,31). The summed E-state index contributed by atoms with van der Waals surface area (Å²) in [6.45, 7) is 7.73. The number of fused-ring (bicyclic) bond motifs is 2. The summed E-state index contributed by atoms with van der Waals surface area (Å²) in [6.07, 6.45) is 0. The molecule has 7 nitrogen and oxygen atoms in total. The molecule has 0 saturated carbocycles. The van der Waals surface area contributed by atoms with Crippen LogP contribution in [0.5, 0.6) is 11.5 Å². The van der Waals surface area contributed by atoms with Crippen LogP contribution in [0.4, 0.5) is 11.8 Å². The number of hydrogen-bond acceptors (Lipinski definition) is 7. The quantitative estimate of drug-likeness (QED) is 0.445. The van der Waals surface area contributed by atoms with Crippen molar-refractivity contribution in [1.29, 1.82) is 0 Å². The largest absolute Gasteiger partial charge is 0.454 e. The van der Waals surface area contributed by atoms with Crippen molar-refractivity contribution in [3.63, 3.8) is 0 Å². The van der Waals surface area contributed by atoms with E-state index in [-0.39, 0.29) is 0 Å². The molecular formula is C28H29N5O2. The number of aromatic nitrogens is 2. The minimum Gasteiger partial charge on any atom is -0.454 e. The number of para-hydroxylation sites is 1. The highest BCUT2D eigenvalue weighted by molar-refractivity contribution is 5.90. The summed E-state index contributed by atoms with van der Waals surface area (Å²) in [5.74, 6) is 3.35. The normalized spacial score (nSPS) is 15.5. The molecule has 0 unspecified atom stereocenters. The topological polar surface area (TPSA) is 62.8 Å². The third kappa shape index (κ3) is 4.72. The zero-order valence-electron chi connectivity index (χ0n) is 19.9. The van der Waals surface area contributed by atoms with E-state index in [0.717, 1.165) is 73.4 Å². The molecule has 35 heavy (non-hydrogen) atoms. The van der Waals surface area contributed by atoms with Gasteiger partial charge in [0.2, 0.25) is 12.7 Å². The summed E-state index contributed by atoms with van der Waals surface area (Å²) >= 11 is 0. The molecular weight excluding hydrogens is 438 g/mol. The minimum absolute atomic E-state index is 0.311. The van der Waals surface area contributed by atoms with Crippen LogP contribution in [-0.2, 0) is 13.1 Å². The molecule has 6 rings (SSSR count). The van der Waals surface area contributed by atoms with Gasteiger partial charge in [0.1, 0.15) is 5.82 Å². The van der Waals surface area contributed by atoms with Gasteiger partial charge in [0.25, 0.3) is 0 Å². The fourth-order valence-electron chi connectivity index (χ4n) is 4.64. The number of hydrogen-bond donors (Lipinski definition) is 1. The summed E-state index contributed by atoms with van der Waals surface area (Å²) in [6, 6.07) is 23.0. The van der Waals surface area contributed by atoms with Gasteiger partial charge in [-0.3, -0.25) is 4.90 Å². The van der Waals surface area contributed by atoms with Gasteiger partial charge in [-0.2, -0.15) is 4.98 Å². The van der Waals surface area contributed by atoms with E-state index in [2.05, 4.69) is 70.6 Å². The zero-order valence-corrected chi connectivity index (χ0v) is 19.9. The number of benzene rings is 3. The molecule has 0 spiro atoms. The van der Waals surface area contributed by atoms with Crippen molar-refractivity contribution in [2.45, 2.75) is 20.0 Å². The Hall–Kier alpha value is -3.84.